The second-order valence-electron chi connectivity index (χ2n) is 5.83. The summed E-state index contributed by atoms with van der Waals surface area (Å²) >= 11 is 4.40. The first-order valence-electron chi connectivity index (χ1n) is 7.00. The molecule has 19 heavy (non-hydrogen) atoms. The van der Waals surface area contributed by atoms with E-state index in [1.807, 2.05) is 0 Å². The maximum atomic E-state index is 11.4. The summed E-state index contributed by atoms with van der Waals surface area (Å²) < 4.78 is 0. The molecule has 0 heterocycles. The number of hydrogen-bond acceptors (Lipinski definition) is 2. The quantitative estimate of drug-likeness (QED) is 0.820. The minimum atomic E-state index is -0.780. The van der Waals surface area contributed by atoms with Gasteiger partial charge >= 0.3 is 5.97 Å². The van der Waals surface area contributed by atoms with E-state index in [0.717, 1.165) is 32.1 Å². The Balaban J connectivity index is 2.22. The molecule has 0 aliphatic heterocycles. The Morgan fingerprint density at radius 1 is 1.26 bits per heavy atom. The maximum Gasteiger partial charge on any atom is 0.316 e. The molecule has 2 rings (SSSR count). The van der Waals surface area contributed by atoms with Gasteiger partial charge in [0.25, 0.3) is 0 Å². The predicted molar refractivity (Wildman–Crippen MR) is 80.8 cm³/mol. The fourth-order valence-corrected chi connectivity index (χ4v) is 3.53. The van der Waals surface area contributed by atoms with E-state index >= 15 is 0 Å². The van der Waals surface area contributed by atoms with Crippen LogP contribution in [0.4, 0.5) is 0 Å². The van der Waals surface area contributed by atoms with Crippen molar-refractivity contribution in [2.45, 2.75) is 50.7 Å². The van der Waals surface area contributed by atoms with Crippen molar-refractivity contribution in [3.05, 3.63) is 35.4 Å². The molecule has 1 aromatic carbocycles. The molecule has 1 fully saturated rings. The fourth-order valence-electron chi connectivity index (χ4n) is 3.18. The summed E-state index contributed by atoms with van der Waals surface area (Å²) in [6.07, 6.45) is 6.23. The minimum absolute atomic E-state index is 0.178. The van der Waals surface area contributed by atoms with Crippen molar-refractivity contribution >= 4 is 18.6 Å². The van der Waals surface area contributed by atoms with Crippen molar-refractivity contribution < 1.29 is 9.90 Å². The highest BCUT2D eigenvalue weighted by molar-refractivity contribution is 7.81. The van der Waals surface area contributed by atoms with Crippen molar-refractivity contribution in [3.63, 3.8) is 0 Å². The number of aryl methyl sites for hydroxylation is 1. The van der Waals surface area contributed by atoms with Crippen LogP contribution in [-0.2, 0) is 11.2 Å². The van der Waals surface area contributed by atoms with Crippen LogP contribution in [0.1, 0.15) is 43.2 Å². The van der Waals surface area contributed by atoms with Gasteiger partial charge in [0.1, 0.15) is 5.25 Å². The number of hydrogen-bond donors (Lipinski definition) is 2. The summed E-state index contributed by atoms with van der Waals surface area (Å²) in [5.74, 6) is -0.780. The summed E-state index contributed by atoms with van der Waals surface area (Å²) in [4.78, 5) is 11.4. The van der Waals surface area contributed by atoms with Gasteiger partial charge in [-0.25, -0.2) is 0 Å². The van der Waals surface area contributed by atoms with E-state index in [0.29, 0.717) is 0 Å². The van der Waals surface area contributed by atoms with Crippen LogP contribution in [0.5, 0.6) is 0 Å². The molecule has 1 aromatic rings. The van der Waals surface area contributed by atoms with Gasteiger partial charge in [-0.1, -0.05) is 49.1 Å². The van der Waals surface area contributed by atoms with Gasteiger partial charge in [0, 0.05) is 0 Å². The lowest BCUT2D eigenvalue weighted by atomic mass is 9.68. The summed E-state index contributed by atoms with van der Waals surface area (Å²) in [7, 11) is 0. The molecule has 0 saturated heterocycles. The number of aliphatic carboxylic acids is 1. The standard InChI is InChI=1S/C16H22O2S/c1-12-5-7-13(8-6-12)11-16(14(19)15(17)18)9-3-2-4-10-16/h5-8,14,19H,2-4,9-11H2,1H3,(H,17,18). The Hall–Kier alpha value is -0.960. The number of carbonyl (C=O) groups is 1. The summed E-state index contributed by atoms with van der Waals surface area (Å²) in [6.45, 7) is 2.07. The SMILES string of the molecule is Cc1ccc(CC2(C(S)C(=O)O)CCCCC2)cc1. The predicted octanol–water partition coefficient (Wildman–Crippen LogP) is 3.87. The number of carboxylic acid groups (broad SMARTS) is 1. The van der Waals surface area contributed by atoms with Crippen LogP contribution >= 0.6 is 12.6 Å². The van der Waals surface area contributed by atoms with E-state index in [1.165, 1.54) is 17.5 Å². The first kappa shape index (κ1) is 14.4. The van der Waals surface area contributed by atoms with Crippen molar-refractivity contribution in [1.82, 2.24) is 0 Å². The van der Waals surface area contributed by atoms with E-state index in [1.54, 1.807) is 0 Å². The molecule has 1 aliphatic carbocycles. The average molecular weight is 278 g/mol. The van der Waals surface area contributed by atoms with E-state index < -0.39 is 11.2 Å². The summed E-state index contributed by atoms with van der Waals surface area (Å²) in [5, 5.41) is 8.78. The Labute approximate surface area is 120 Å². The zero-order chi connectivity index (χ0) is 13.9. The first-order chi connectivity index (χ1) is 9.03. The monoisotopic (exact) mass is 278 g/mol. The molecule has 1 aliphatic rings. The Morgan fingerprint density at radius 2 is 1.84 bits per heavy atom. The van der Waals surface area contributed by atoms with Crippen molar-refractivity contribution in [2.24, 2.45) is 5.41 Å². The number of carboxylic acids is 1. The molecule has 104 valence electrons. The van der Waals surface area contributed by atoms with Crippen LogP contribution in [0, 0.1) is 12.3 Å². The van der Waals surface area contributed by atoms with Crippen molar-refractivity contribution in [1.29, 1.82) is 0 Å². The van der Waals surface area contributed by atoms with Crippen LogP contribution in [0.2, 0.25) is 0 Å². The summed E-state index contributed by atoms with van der Waals surface area (Å²) in [6, 6.07) is 8.43. The Kier molecular flexibility index (Phi) is 4.56. The molecular formula is C16H22O2S. The first-order valence-corrected chi connectivity index (χ1v) is 7.52. The zero-order valence-electron chi connectivity index (χ0n) is 11.4. The lowest BCUT2D eigenvalue weighted by Crippen LogP contribution is -2.40. The number of benzene rings is 1. The Bertz CT molecular complexity index is 433. The Morgan fingerprint density at radius 3 is 2.37 bits per heavy atom. The van der Waals surface area contributed by atoms with Gasteiger partial charge < -0.3 is 5.11 Å². The average Bonchev–Trinajstić information content (AvgIpc) is 2.41. The normalized spacial score (nSPS) is 19.9. The van der Waals surface area contributed by atoms with Crippen LogP contribution in [0.3, 0.4) is 0 Å². The third-order valence-corrected chi connectivity index (χ3v) is 5.11. The van der Waals surface area contributed by atoms with Crippen LogP contribution in [-0.4, -0.2) is 16.3 Å². The largest absolute Gasteiger partial charge is 0.480 e. The molecule has 1 unspecified atom stereocenters. The lowest BCUT2D eigenvalue weighted by Gasteiger charge is -2.40. The minimum Gasteiger partial charge on any atom is -0.480 e. The van der Waals surface area contributed by atoms with Crippen LogP contribution in [0.25, 0.3) is 0 Å². The molecular weight excluding hydrogens is 256 g/mol. The molecule has 0 spiro atoms. The van der Waals surface area contributed by atoms with Crippen LogP contribution in [0.15, 0.2) is 24.3 Å². The molecule has 0 aromatic heterocycles. The van der Waals surface area contributed by atoms with E-state index in [9.17, 15) is 9.90 Å². The molecule has 0 amide bonds. The van der Waals surface area contributed by atoms with Gasteiger partial charge in [0.15, 0.2) is 0 Å². The highest BCUT2D eigenvalue weighted by Crippen LogP contribution is 2.44. The molecule has 0 radical (unpaired) electrons. The zero-order valence-corrected chi connectivity index (χ0v) is 12.3. The maximum absolute atomic E-state index is 11.4. The number of thiol groups is 1. The molecule has 2 nitrogen and oxygen atoms in total. The third kappa shape index (κ3) is 3.33. The van der Waals surface area contributed by atoms with Crippen LogP contribution < -0.4 is 0 Å². The lowest BCUT2D eigenvalue weighted by molar-refractivity contribution is -0.139. The molecule has 1 N–H and O–H groups in total. The van der Waals surface area contributed by atoms with Gasteiger partial charge in [0.2, 0.25) is 0 Å². The van der Waals surface area contributed by atoms with Gasteiger partial charge in [-0.05, 0) is 37.2 Å². The second kappa shape index (κ2) is 6.00. The fraction of sp³-hybridized carbons (Fsp3) is 0.562. The number of rotatable bonds is 4. The van der Waals surface area contributed by atoms with Gasteiger partial charge in [-0.2, -0.15) is 12.6 Å². The molecule has 3 heteroatoms. The highest BCUT2D eigenvalue weighted by Gasteiger charge is 2.41. The topological polar surface area (TPSA) is 37.3 Å². The smallest absolute Gasteiger partial charge is 0.316 e. The van der Waals surface area contributed by atoms with Crippen molar-refractivity contribution in [3.8, 4) is 0 Å². The van der Waals surface area contributed by atoms with Gasteiger partial charge in [-0.15, -0.1) is 0 Å². The molecule has 1 saturated carbocycles. The van der Waals surface area contributed by atoms with Gasteiger partial charge in [-0.3, -0.25) is 4.79 Å². The van der Waals surface area contributed by atoms with Crippen molar-refractivity contribution in [2.75, 3.05) is 0 Å². The molecule has 0 bridgehead atoms. The second-order valence-corrected chi connectivity index (χ2v) is 6.34. The van der Waals surface area contributed by atoms with E-state index in [2.05, 4.69) is 43.8 Å². The van der Waals surface area contributed by atoms with E-state index in [-0.39, 0.29) is 5.41 Å². The summed E-state index contributed by atoms with van der Waals surface area (Å²) in [5.41, 5.74) is 2.29. The van der Waals surface area contributed by atoms with Gasteiger partial charge in [0.05, 0.1) is 0 Å². The third-order valence-electron chi connectivity index (χ3n) is 4.34. The highest BCUT2D eigenvalue weighted by atomic mass is 32.1. The molecule has 1 atom stereocenters. The van der Waals surface area contributed by atoms with E-state index in [4.69, 9.17) is 0 Å².